The average molecular weight is 1320 g/mol. The second-order valence-corrected chi connectivity index (χ2v) is 25.3. The molecular formula is C57H94N18O14S2. The summed E-state index contributed by atoms with van der Waals surface area (Å²) in [6.45, 7) is 8.84. The molecule has 32 nitrogen and oxygen atoms in total. The lowest BCUT2D eigenvalue weighted by Gasteiger charge is -2.32. The first-order valence-electron chi connectivity index (χ1n) is 30.7. The van der Waals surface area contributed by atoms with Gasteiger partial charge in [0.25, 0.3) is 0 Å². The Morgan fingerprint density at radius 2 is 1.38 bits per heavy atom. The van der Waals surface area contributed by atoms with E-state index in [9.17, 15) is 68.1 Å². The Morgan fingerprint density at radius 3 is 2.01 bits per heavy atom. The number of nitrogens with one attached hydrogen (secondary N) is 10. The van der Waals surface area contributed by atoms with Gasteiger partial charge in [-0.05, 0) is 89.3 Å². The van der Waals surface area contributed by atoms with Gasteiger partial charge in [-0.1, -0.05) is 97.7 Å². The maximum Gasteiger partial charge on any atom is 0.326 e. The summed E-state index contributed by atoms with van der Waals surface area (Å²) >= 11 is 0. The van der Waals surface area contributed by atoms with E-state index in [0.717, 1.165) is 21.6 Å². The van der Waals surface area contributed by atoms with E-state index in [0.29, 0.717) is 43.4 Å². The Hall–Kier alpha value is -7.05. The van der Waals surface area contributed by atoms with Crippen molar-refractivity contribution >= 4 is 86.6 Å². The monoisotopic (exact) mass is 1320 g/mol. The normalized spacial score (nSPS) is 24.7. The molecule has 34 heteroatoms. The molecule has 0 radical (unpaired) electrons. The van der Waals surface area contributed by atoms with Crippen molar-refractivity contribution in [3.8, 4) is 0 Å². The number of rotatable bonds is 24. The fourth-order valence-electron chi connectivity index (χ4n) is 9.88. The zero-order chi connectivity index (χ0) is 67.5. The third kappa shape index (κ3) is 23.9. The number of hydrogen-bond donors (Lipinski definition) is 17. The topological polar surface area (TPSA) is 507 Å². The molecule has 1 aromatic heterocycles. The van der Waals surface area contributed by atoms with Crippen molar-refractivity contribution in [2.45, 2.75) is 185 Å². The predicted octanol–water partition coefficient (Wildman–Crippen LogP) is -4.29. The van der Waals surface area contributed by atoms with E-state index in [2.05, 4.69) is 63.5 Å². The van der Waals surface area contributed by atoms with Crippen molar-refractivity contribution in [1.82, 2.24) is 73.1 Å². The van der Waals surface area contributed by atoms with Gasteiger partial charge in [0, 0.05) is 24.5 Å². The first-order valence-corrected chi connectivity index (χ1v) is 33.2. The van der Waals surface area contributed by atoms with Crippen LogP contribution in [0.2, 0.25) is 0 Å². The number of aromatic nitrogens is 3. The van der Waals surface area contributed by atoms with Gasteiger partial charge >= 0.3 is 5.97 Å². The molecule has 2 aliphatic heterocycles. The molecule has 0 unspecified atom stereocenters. The summed E-state index contributed by atoms with van der Waals surface area (Å²) in [5.74, 6) is -11.9. The highest BCUT2D eigenvalue weighted by atomic mass is 33.1. The van der Waals surface area contributed by atoms with Gasteiger partial charge in [0.15, 0.2) is 0 Å². The highest BCUT2D eigenvalue weighted by molar-refractivity contribution is 8.76. The van der Waals surface area contributed by atoms with E-state index < -0.39 is 175 Å². The molecule has 2 aromatic rings. The molecule has 508 valence electrons. The number of carbonyl (C=O) groups excluding carboxylic acids is 10. The fraction of sp³-hybridized carbons (Fsp3) is 0.667. The highest BCUT2D eigenvalue weighted by Gasteiger charge is 2.41. The number of hydrogen-bond acceptors (Lipinski definition) is 22. The van der Waals surface area contributed by atoms with Crippen LogP contribution in [0.4, 0.5) is 0 Å². The van der Waals surface area contributed by atoms with Gasteiger partial charge in [0.1, 0.15) is 72.4 Å². The summed E-state index contributed by atoms with van der Waals surface area (Å²) in [6, 6.07) is -6.80. The number of benzene rings is 1. The van der Waals surface area contributed by atoms with Crippen LogP contribution in [0.5, 0.6) is 0 Å². The molecule has 0 spiro atoms. The number of carboxylic acid groups (broad SMARTS) is 1. The largest absolute Gasteiger partial charge is 0.480 e. The summed E-state index contributed by atoms with van der Waals surface area (Å²) in [4.78, 5) is 156. The molecule has 1 fully saturated rings. The lowest BCUT2D eigenvalue weighted by atomic mass is 9.96. The summed E-state index contributed by atoms with van der Waals surface area (Å²) in [5, 5.41) is 66.7. The number of carbonyl (C=O) groups is 11. The Balaban J connectivity index is 1.85. The van der Waals surface area contributed by atoms with Crippen molar-refractivity contribution in [3.63, 3.8) is 0 Å². The number of fused-ring (bicyclic) bond motifs is 4. The van der Waals surface area contributed by atoms with Crippen LogP contribution < -0.4 is 76.1 Å². The van der Waals surface area contributed by atoms with Crippen molar-refractivity contribution in [2.75, 3.05) is 44.3 Å². The minimum Gasteiger partial charge on any atom is -0.480 e. The van der Waals surface area contributed by atoms with E-state index in [1.54, 1.807) is 58.0 Å². The second-order valence-electron chi connectivity index (χ2n) is 22.8. The van der Waals surface area contributed by atoms with Crippen LogP contribution in [0.15, 0.2) is 36.5 Å². The molecule has 10 amide bonds. The summed E-state index contributed by atoms with van der Waals surface area (Å²) < 4.78 is 1.27. The van der Waals surface area contributed by atoms with Crippen molar-refractivity contribution in [3.05, 3.63) is 47.8 Å². The molecule has 0 aliphatic carbocycles. The minimum atomic E-state index is -1.85. The number of nitrogens with two attached hydrogens (primary N) is 4. The van der Waals surface area contributed by atoms with Crippen LogP contribution in [0, 0.1) is 11.8 Å². The smallest absolute Gasteiger partial charge is 0.326 e. The van der Waals surface area contributed by atoms with E-state index in [1.165, 1.54) is 29.6 Å². The maximum absolute atomic E-state index is 14.7. The number of aliphatic hydroxyl groups is 2. The third-order valence-corrected chi connectivity index (χ3v) is 18.2. The van der Waals surface area contributed by atoms with Gasteiger partial charge < -0.3 is 91.0 Å². The zero-order valence-corrected chi connectivity index (χ0v) is 54.0. The quantitative estimate of drug-likeness (QED) is 0.0269. The molecule has 21 N–H and O–H groups in total. The van der Waals surface area contributed by atoms with E-state index in [4.69, 9.17) is 22.9 Å². The molecule has 91 heavy (non-hydrogen) atoms. The Bertz CT molecular complexity index is 2750. The summed E-state index contributed by atoms with van der Waals surface area (Å²) in [7, 11) is 1.78. The summed E-state index contributed by atoms with van der Waals surface area (Å²) in [6.07, 6.45) is 1.14. The van der Waals surface area contributed by atoms with Crippen LogP contribution in [0.25, 0.3) is 0 Å². The number of nitrogens with zero attached hydrogens (tertiary/aromatic N) is 4. The van der Waals surface area contributed by atoms with E-state index in [-0.39, 0.29) is 57.5 Å². The van der Waals surface area contributed by atoms with Gasteiger partial charge in [-0.2, -0.15) is 0 Å². The van der Waals surface area contributed by atoms with Crippen LogP contribution in [0.1, 0.15) is 123 Å². The van der Waals surface area contributed by atoms with Gasteiger partial charge in [0.05, 0.1) is 31.5 Å². The van der Waals surface area contributed by atoms with Crippen LogP contribution in [-0.4, -0.2) is 211 Å². The molecule has 4 rings (SSSR count). The summed E-state index contributed by atoms with van der Waals surface area (Å²) in [5.41, 5.74) is 23.5. The highest BCUT2D eigenvalue weighted by Crippen LogP contribution is 2.33. The van der Waals surface area contributed by atoms with Gasteiger partial charge in [-0.25, -0.2) is 9.48 Å². The lowest BCUT2D eigenvalue weighted by Crippen LogP contribution is -2.62. The van der Waals surface area contributed by atoms with Gasteiger partial charge in [0.2, 0.25) is 59.1 Å². The first-order chi connectivity index (χ1) is 43.3. The average Bonchev–Trinajstić information content (AvgIpc) is 1.80. The third-order valence-electron chi connectivity index (χ3n) is 15.8. The standard InChI is InChI=1S/C57H94N18O14S2/c1-7-30(3)44-53(85)68-40(51(83)65-37(56(88)89)24-34-16-10-9-11-17-34)28-90-91-29-41(67-48(80)35(63-43(78)25-59)19-14-22-62-57(60)61)52(84)71-46(33(6)77)54(86)64-36(18-12-13-21-58)49(81)66-39(27-76)50(82)70-45(31(4)8-2)55(87)74-23-15-20-42(74)38-26-75(73-72-38)32(5)47(79)69-44/h9-11,16-17,26,30-33,35-37,39-42,44-46,57,62,76-77H,7-8,12-15,18-25,27-29,58-61H2,1-6H3,(H,63,78)(H,64,86)(H,65,83)(H,66,81)(H,67,80)(H,68,85)(H,69,79)(H,70,82)(H,71,84)(H,88,89)/t30-,31-,32-,33+,35-,36-,37-,39-,40-,41-,42-,44-,45-,46-/m0/s1. The Morgan fingerprint density at radius 1 is 0.758 bits per heavy atom. The second kappa shape index (κ2) is 38.7. The minimum absolute atomic E-state index is 0.0370. The predicted molar refractivity (Wildman–Crippen MR) is 338 cm³/mol. The fourth-order valence-corrected chi connectivity index (χ4v) is 12.2. The number of carboxylic acids is 1. The maximum atomic E-state index is 14.7. The van der Waals surface area contributed by atoms with E-state index in [1.807, 2.05) is 0 Å². The van der Waals surface area contributed by atoms with Crippen LogP contribution in [0.3, 0.4) is 0 Å². The number of aliphatic hydroxyl groups excluding tert-OH is 2. The van der Waals surface area contributed by atoms with Crippen LogP contribution >= 0.6 is 21.6 Å². The lowest BCUT2D eigenvalue weighted by molar-refractivity contribution is -0.142. The molecule has 0 saturated carbocycles. The van der Waals surface area contributed by atoms with Crippen molar-refractivity contribution in [1.29, 1.82) is 0 Å². The Kier molecular flexibility index (Phi) is 32.5. The molecule has 1 aromatic carbocycles. The van der Waals surface area contributed by atoms with Gasteiger partial charge in [-0.15, -0.1) is 5.10 Å². The zero-order valence-electron chi connectivity index (χ0n) is 52.4. The number of amides is 10. The van der Waals surface area contributed by atoms with E-state index >= 15 is 0 Å². The molecule has 3 heterocycles. The number of aliphatic carboxylic acids is 1. The van der Waals surface area contributed by atoms with Gasteiger partial charge in [-0.3, -0.25) is 53.3 Å². The van der Waals surface area contributed by atoms with Crippen molar-refractivity contribution in [2.24, 2.45) is 34.8 Å². The molecule has 1 saturated heterocycles. The molecule has 2 bridgehead atoms. The van der Waals surface area contributed by atoms with Crippen molar-refractivity contribution < 1.29 is 68.1 Å². The molecular weight excluding hydrogens is 1220 g/mol. The first kappa shape index (κ1) is 76.4. The number of unbranched alkanes of at least 4 members (excludes halogenated alkanes) is 1. The SMILES string of the molecule is CC[C@H](C)[C@@H]1NC(=O)[C@H](C)n2cc(nn2)[C@@H]2CCCN2C(=O)[C@H]([C@@H](C)CC)NC(=O)[C@H](CO)NC(=O)[C@H](CCCCN)NC(=O)[C@H]([C@@H](C)O)NC(=O)[C@@H](NC(=O)[C@H](CCCNC(N)N)NC(=O)CN)CSSC[C@@H](C(=O)N[C@@H](Cc2ccccc2)C(=O)O)NC1=O. The van der Waals surface area contributed by atoms with Crippen LogP contribution in [-0.2, 0) is 59.2 Å². The Labute approximate surface area is 537 Å². The molecule has 14 atom stereocenters. The molecule has 2 aliphatic rings.